The van der Waals surface area contributed by atoms with Crippen LogP contribution in [-0.4, -0.2) is 23.0 Å². The fourth-order valence-electron chi connectivity index (χ4n) is 6.26. The predicted molar refractivity (Wildman–Crippen MR) is 110 cm³/mol. The van der Waals surface area contributed by atoms with Gasteiger partial charge in [-0.2, -0.15) is 0 Å². The van der Waals surface area contributed by atoms with Crippen LogP contribution >= 0.6 is 0 Å². The summed E-state index contributed by atoms with van der Waals surface area (Å²) in [5.74, 6) is 0.250. The maximum Gasteiger partial charge on any atom is 0.303 e. The van der Waals surface area contributed by atoms with Crippen LogP contribution in [0.2, 0.25) is 0 Å². The Morgan fingerprint density at radius 1 is 1.14 bits per heavy atom. The summed E-state index contributed by atoms with van der Waals surface area (Å²) in [5, 5.41) is 0. The largest absolute Gasteiger partial charge is 0.449 e. The minimum absolute atomic E-state index is 0.0312. The number of carbonyl (C=O) groups is 1. The van der Waals surface area contributed by atoms with E-state index >= 15 is 0 Å². The molecule has 2 aliphatic rings. The van der Waals surface area contributed by atoms with Crippen molar-refractivity contribution in [1.82, 2.24) is 9.97 Å². The molecule has 0 aliphatic heterocycles. The third-order valence-corrected chi connectivity index (χ3v) is 7.47. The molecular weight excluding hydrogens is 364 g/mol. The summed E-state index contributed by atoms with van der Waals surface area (Å²) >= 11 is 0. The van der Waals surface area contributed by atoms with Gasteiger partial charge >= 0.3 is 5.97 Å². The lowest BCUT2D eigenvalue weighted by Gasteiger charge is -2.52. The fraction of sp³-hybridized carbons (Fsp3) is 0.542. The molecule has 0 radical (unpaired) electrons. The number of rotatable bonds is 5. The second kappa shape index (κ2) is 6.91. The van der Waals surface area contributed by atoms with Gasteiger partial charge in [-0.1, -0.05) is 32.9 Å². The van der Waals surface area contributed by atoms with Gasteiger partial charge < -0.3 is 9.47 Å². The molecule has 2 saturated carbocycles. The van der Waals surface area contributed by atoms with Crippen molar-refractivity contribution in [3.63, 3.8) is 0 Å². The van der Waals surface area contributed by atoms with E-state index in [1.165, 1.54) is 13.3 Å². The molecule has 2 aliphatic carbocycles. The van der Waals surface area contributed by atoms with Gasteiger partial charge in [0.2, 0.25) is 0 Å². The average molecular weight is 395 g/mol. The van der Waals surface area contributed by atoms with Crippen molar-refractivity contribution in [1.29, 1.82) is 0 Å². The summed E-state index contributed by atoms with van der Waals surface area (Å²) in [7, 11) is 1.81. The number of hydrogen-bond acceptors (Lipinski definition) is 5. The van der Waals surface area contributed by atoms with Crippen LogP contribution in [0, 0.1) is 16.7 Å². The number of ether oxygens (including phenoxy) is 2. The van der Waals surface area contributed by atoms with Gasteiger partial charge in [-0.3, -0.25) is 14.8 Å². The van der Waals surface area contributed by atoms with Crippen LogP contribution in [-0.2, 0) is 19.9 Å². The minimum atomic E-state index is -0.642. The summed E-state index contributed by atoms with van der Waals surface area (Å²) in [6, 6.07) is 11.5. The molecule has 2 fully saturated rings. The van der Waals surface area contributed by atoms with Crippen LogP contribution < -0.4 is 0 Å². The molecule has 0 saturated heterocycles. The van der Waals surface area contributed by atoms with Crippen molar-refractivity contribution in [3.8, 4) is 0 Å². The van der Waals surface area contributed by atoms with Crippen molar-refractivity contribution in [2.45, 2.75) is 58.7 Å². The first-order valence-corrected chi connectivity index (χ1v) is 10.4. The number of esters is 1. The SMILES string of the molecule is COC1(c2cccc(C(OC(C)=O)c3ccccn3)n2)C2(C)CCC(C2)C1(C)C. The first kappa shape index (κ1) is 20.0. The fourth-order valence-corrected chi connectivity index (χ4v) is 6.26. The average Bonchev–Trinajstić information content (AvgIpc) is 3.18. The topological polar surface area (TPSA) is 61.3 Å². The molecule has 29 heavy (non-hydrogen) atoms. The molecule has 2 aromatic heterocycles. The Morgan fingerprint density at radius 3 is 2.48 bits per heavy atom. The van der Waals surface area contributed by atoms with E-state index in [0.717, 1.165) is 18.5 Å². The van der Waals surface area contributed by atoms with Crippen molar-refractivity contribution in [3.05, 3.63) is 59.7 Å². The first-order chi connectivity index (χ1) is 13.7. The van der Waals surface area contributed by atoms with Gasteiger partial charge in [-0.15, -0.1) is 0 Å². The summed E-state index contributed by atoms with van der Waals surface area (Å²) in [4.78, 5) is 21.3. The highest BCUT2D eigenvalue weighted by Gasteiger charge is 2.70. The van der Waals surface area contributed by atoms with Crippen molar-refractivity contribution in [2.75, 3.05) is 7.11 Å². The second-order valence-corrected chi connectivity index (χ2v) is 9.30. The Hall–Kier alpha value is -2.27. The van der Waals surface area contributed by atoms with Crippen LogP contribution in [0.4, 0.5) is 0 Å². The summed E-state index contributed by atoms with van der Waals surface area (Å²) < 4.78 is 12.0. The van der Waals surface area contributed by atoms with E-state index < -0.39 is 11.7 Å². The lowest BCUT2D eigenvalue weighted by atomic mass is 9.58. The van der Waals surface area contributed by atoms with Crippen LogP contribution in [0.1, 0.15) is 70.1 Å². The van der Waals surface area contributed by atoms with E-state index in [1.807, 2.05) is 37.4 Å². The lowest BCUT2D eigenvalue weighted by Crippen LogP contribution is -2.53. The van der Waals surface area contributed by atoms with E-state index in [0.29, 0.717) is 17.3 Å². The van der Waals surface area contributed by atoms with Crippen LogP contribution in [0.3, 0.4) is 0 Å². The lowest BCUT2D eigenvalue weighted by molar-refractivity contribution is -0.177. The van der Waals surface area contributed by atoms with Crippen LogP contribution in [0.25, 0.3) is 0 Å². The third-order valence-electron chi connectivity index (χ3n) is 7.47. The summed E-state index contributed by atoms with van der Waals surface area (Å²) in [6.45, 7) is 8.36. The van der Waals surface area contributed by atoms with Gasteiger partial charge in [0.05, 0.1) is 17.1 Å². The van der Waals surface area contributed by atoms with Gasteiger partial charge in [0.15, 0.2) is 6.10 Å². The van der Waals surface area contributed by atoms with Gasteiger partial charge in [0, 0.05) is 31.1 Å². The van der Waals surface area contributed by atoms with Gasteiger partial charge in [0.25, 0.3) is 0 Å². The molecule has 0 N–H and O–H groups in total. The number of aromatic nitrogens is 2. The normalized spacial score (nSPS) is 30.9. The van der Waals surface area contributed by atoms with Crippen molar-refractivity contribution >= 4 is 5.97 Å². The van der Waals surface area contributed by atoms with E-state index in [2.05, 4.69) is 31.8 Å². The Labute approximate surface area is 172 Å². The maximum atomic E-state index is 11.8. The van der Waals surface area contributed by atoms with Gasteiger partial charge in [0.1, 0.15) is 5.60 Å². The second-order valence-electron chi connectivity index (χ2n) is 9.30. The number of fused-ring (bicyclic) bond motifs is 2. The number of nitrogens with zero attached hydrogens (tertiary/aromatic N) is 2. The Bertz CT molecular complexity index is 907. The molecule has 4 unspecified atom stereocenters. The molecule has 154 valence electrons. The Morgan fingerprint density at radius 2 is 1.90 bits per heavy atom. The molecule has 4 rings (SSSR count). The standard InChI is InChI=1S/C24H30N2O3/c1-16(27)29-21(18-9-6-7-14-25-18)19-10-8-11-20(26-19)24(28-5)22(2,3)17-12-13-23(24,4)15-17/h6-11,14,17,21H,12-13,15H2,1-5H3. The quantitative estimate of drug-likeness (QED) is 0.681. The van der Waals surface area contributed by atoms with E-state index in [9.17, 15) is 4.79 Å². The smallest absolute Gasteiger partial charge is 0.303 e. The molecule has 0 amide bonds. The zero-order valence-corrected chi connectivity index (χ0v) is 17.9. The van der Waals surface area contributed by atoms with Gasteiger partial charge in [-0.05, 0) is 49.4 Å². The number of pyridine rings is 2. The number of hydrogen-bond donors (Lipinski definition) is 0. The van der Waals surface area contributed by atoms with Crippen LogP contribution in [0.5, 0.6) is 0 Å². The molecule has 5 nitrogen and oxygen atoms in total. The Kier molecular flexibility index (Phi) is 4.77. The molecule has 4 atom stereocenters. The minimum Gasteiger partial charge on any atom is -0.449 e. The zero-order valence-electron chi connectivity index (χ0n) is 17.9. The molecule has 2 bridgehead atoms. The van der Waals surface area contributed by atoms with Crippen LogP contribution in [0.15, 0.2) is 42.6 Å². The highest BCUT2D eigenvalue weighted by atomic mass is 16.5. The summed E-state index contributed by atoms with van der Waals surface area (Å²) in [5.41, 5.74) is 1.77. The van der Waals surface area contributed by atoms with E-state index in [4.69, 9.17) is 14.5 Å². The zero-order chi connectivity index (χ0) is 20.9. The highest BCUT2D eigenvalue weighted by Crippen LogP contribution is 2.72. The van der Waals surface area contributed by atoms with E-state index in [1.54, 1.807) is 6.20 Å². The van der Waals surface area contributed by atoms with Crippen molar-refractivity contribution < 1.29 is 14.3 Å². The maximum absolute atomic E-state index is 11.8. The van der Waals surface area contributed by atoms with Crippen molar-refractivity contribution in [2.24, 2.45) is 16.7 Å². The third kappa shape index (κ3) is 2.82. The Balaban J connectivity index is 1.83. The van der Waals surface area contributed by atoms with E-state index in [-0.39, 0.29) is 16.8 Å². The number of methoxy groups -OCH3 is 1. The van der Waals surface area contributed by atoms with Gasteiger partial charge in [-0.25, -0.2) is 0 Å². The molecule has 2 aromatic rings. The predicted octanol–water partition coefficient (Wildman–Crippen LogP) is 4.82. The molecule has 2 heterocycles. The highest BCUT2D eigenvalue weighted by molar-refractivity contribution is 5.66. The molecule has 0 aromatic carbocycles. The first-order valence-electron chi connectivity index (χ1n) is 10.4. The molecular formula is C24H30N2O3. The number of carbonyl (C=O) groups excluding carboxylic acids is 1. The summed E-state index contributed by atoms with van der Waals surface area (Å²) in [6.07, 6.45) is 4.57. The molecule has 5 heteroatoms. The monoisotopic (exact) mass is 394 g/mol. The molecule has 0 spiro atoms.